The van der Waals surface area contributed by atoms with Crippen molar-refractivity contribution in [3.63, 3.8) is 0 Å². The second-order valence-electron chi connectivity index (χ2n) is 4.93. The van der Waals surface area contributed by atoms with Crippen molar-refractivity contribution in [2.24, 2.45) is 0 Å². The number of nitrogens with zero attached hydrogens (tertiary/aromatic N) is 2. The molecule has 0 bridgehead atoms. The average Bonchev–Trinajstić information content (AvgIpc) is 2.89. The van der Waals surface area contributed by atoms with Crippen LogP contribution in [0.2, 0.25) is 0 Å². The molecule has 7 heteroatoms. The fraction of sp³-hybridized carbons (Fsp3) is 0.286. The highest BCUT2D eigenvalue weighted by Gasteiger charge is 2.23. The number of para-hydroxylation sites is 1. The van der Waals surface area contributed by atoms with Crippen molar-refractivity contribution >= 4 is 11.6 Å². The quantitative estimate of drug-likeness (QED) is 0.736. The molecule has 1 aromatic heterocycles. The van der Waals surface area contributed by atoms with Crippen molar-refractivity contribution in [3.8, 4) is 5.75 Å². The van der Waals surface area contributed by atoms with Gasteiger partial charge in [-0.05, 0) is 31.0 Å². The van der Waals surface area contributed by atoms with E-state index in [9.17, 15) is 19.4 Å². The number of phenolic OH excluding ortho intramolecular Hbond substituents is 1. The van der Waals surface area contributed by atoms with E-state index in [0.29, 0.717) is 18.7 Å². The highest BCUT2D eigenvalue weighted by molar-refractivity contribution is 6.03. The maximum atomic E-state index is 13.2. The van der Waals surface area contributed by atoms with Crippen LogP contribution in [0.3, 0.4) is 0 Å². The van der Waals surface area contributed by atoms with E-state index in [4.69, 9.17) is 0 Å². The monoisotopic (exact) mass is 291 g/mol. The Bertz CT molecular complexity index is 699. The summed E-state index contributed by atoms with van der Waals surface area (Å²) in [4.78, 5) is 12.1. The Morgan fingerprint density at radius 1 is 1.48 bits per heavy atom. The fourth-order valence-corrected chi connectivity index (χ4v) is 2.37. The summed E-state index contributed by atoms with van der Waals surface area (Å²) in [6.07, 6.45) is 0.800. The summed E-state index contributed by atoms with van der Waals surface area (Å²) in [6, 6.07) is 5.37. The predicted molar refractivity (Wildman–Crippen MR) is 72.4 cm³/mol. The molecule has 2 aromatic rings. The molecule has 1 atom stereocenters. The van der Waals surface area contributed by atoms with E-state index >= 15 is 0 Å². The lowest BCUT2D eigenvalue weighted by Gasteiger charge is -2.18. The van der Waals surface area contributed by atoms with Gasteiger partial charge in [-0.2, -0.15) is 5.10 Å². The Morgan fingerprint density at radius 3 is 3.05 bits per heavy atom. The van der Waals surface area contributed by atoms with Crippen molar-refractivity contribution in [2.75, 3.05) is 5.32 Å². The predicted octanol–water partition coefficient (Wildman–Crippen LogP) is 1.81. The van der Waals surface area contributed by atoms with Crippen LogP contribution in [-0.2, 0) is 6.54 Å². The number of halogens is 1. The molecule has 1 aliphatic heterocycles. The number of carbonyl (C=O) groups excluding carboxylic acids is 1. The van der Waals surface area contributed by atoms with E-state index in [0.717, 1.165) is 12.5 Å². The lowest BCUT2D eigenvalue weighted by molar-refractivity contribution is 0.102. The summed E-state index contributed by atoms with van der Waals surface area (Å²) >= 11 is 0. The first-order valence-electron chi connectivity index (χ1n) is 6.61. The Morgan fingerprint density at radius 2 is 2.29 bits per heavy atom. The van der Waals surface area contributed by atoms with Gasteiger partial charge in [0.05, 0.1) is 17.5 Å². The van der Waals surface area contributed by atoms with Crippen LogP contribution in [0.1, 0.15) is 35.1 Å². The number of aliphatic hydroxyl groups excluding tert-OH is 1. The number of aromatic nitrogens is 2. The maximum Gasteiger partial charge on any atom is 0.276 e. The second kappa shape index (κ2) is 5.17. The van der Waals surface area contributed by atoms with Crippen molar-refractivity contribution in [3.05, 3.63) is 41.5 Å². The minimum atomic E-state index is -0.813. The number of benzene rings is 1. The van der Waals surface area contributed by atoms with Crippen LogP contribution >= 0.6 is 0 Å². The maximum absolute atomic E-state index is 13.2. The Balaban J connectivity index is 1.84. The zero-order chi connectivity index (χ0) is 15.0. The van der Waals surface area contributed by atoms with Crippen LogP contribution in [0, 0.1) is 5.82 Å². The van der Waals surface area contributed by atoms with Gasteiger partial charge in [-0.25, -0.2) is 4.39 Å². The Kier molecular flexibility index (Phi) is 3.34. The van der Waals surface area contributed by atoms with Crippen molar-refractivity contribution in [1.82, 2.24) is 9.78 Å². The number of anilines is 1. The molecular formula is C14H14FN3O3. The third-order valence-electron chi connectivity index (χ3n) is 3.47. The first kappa shape index (κ1) is 13.6. The number of hydrogen-bond acceptors (Lipinski definition) is 4. The minimum absolute atomic E-state index is 0.0217. The summed E-state index contributed by atoms with van der Waals surface area (Å²) in [5.74, 6) is -1.99. The Hall–Kier alpha value is -2.41. The fourth-order valence-electron chi connectivity index (χ4n) is 2.37. The van der Waals surface area contributed by atoms with Crippen LogP contribution in [0.25, 0.3) is 0 Å². The van der Waals surface area contributed by atoms with Gasteiger partial charge >= 0.3 is 0 Å². The number of phenols is 1. The van der Waals surface area contributed by atoms with Gasteiger partial charge in [0.2, 0.25) is 0 Å². The standard InChI is InChI=1S/C14H14FN3O3/c15-8-3-1-4-9(13(8)20)16-14(21)10-7-11-12(19)5-2-6-18(11)17-10/h1,3-4,7,12,19-20H,2,5-6H2,(H,16,21). The van der Waals surface area contributed by atoms with Crippen molar-refractivity contribution in [2.45, 2.75) is 25.5 Å². The SMILES string of the molecule is O=C(Nc1cccc(F)c1O)c1cc2n(n1)CCCC2O. The number of nitrogens with one attached hydrogen (secondary N) is 1. The molecule has 0 fully saturated rings. The van der Waals surface area contributed by atoms with E-state index in [2.05, 4.69) is 10.4 Å². The summed E-state index contributed by atoms with van der Waals surface area (Å²) in [5.41, 5.74) is 0.691. The van der Waals surface area contributed by atoms with Gasteiger partial charge in [0.25, 0.3) is 5.91 Å². The number of aryl methyl sites for hydroxylation is 1. The lowest BCUT2D eigenvalue weighted by atomic mass is 10.1. The van der Waals surface area contributed by atoms with Gasteiger partial charge < -0.3 is 15.5 Å². The molecule has 1 aromatic carbocycles. The van der Waals surface area contributed by atoms with Crippen LogP contribution in [0.5, 0.6) is 5.75 Å². The number of hydrogen-bond donors (Lipinski definition) is 3. The number of aromatic hydroxyl groups is 1. The molecule has 0 radical (unpaired) electrons. The number of amides is 1. The molecule has 1 aliphatic rings. The number of rotatable bonds is 2. The molecule has 0 spiro atoms. The summed E-state index contributed by atoms with van der Waals surface area (Å²) in [5, 5.41) is 25.9. The molecule has 1 unspecified atom stereocenters. The number of fused-ring (bicyclic) bond motifs is 1. The van der Waals surface area contributed by atoms with E-state index in [1.807, 2.05) is 0 Å². The summed E-state index contributed by atoms with van der Waals surface area (Å²) in [6.45, 7) is 0.644. The first-order valence-corrected chi connectivity index (χ1v) is 6.61. The molecule has 1 amide bonds. The van der Waals surface area contributed by atoms with Crippen molar-refractivity contribution < 1.29 is 19.4 Å². The molecule has 6 nitrogen and oxygen atoms in total. The van der Waals surface area contributed by atoms with Gasteiger partial charge in [-0.15, -0.1) is 0 Å². The highest BCUT2D eigenvalue weighted by Crippen LogP contribution is 2.28. The molecule has 21 heavy (non-hydrogen) atoms. The molecule has 0 saturated heterocycles. The second-order valence-corrected chi connectivity index (χ2v) is 4.93. The molecule has 0 saturated carbocycles. The first-order chi connectivity index (χ1) is 10.1. The zero-order valence-corrected chi connectivity index (χ0v) is 11.1. The third kappa shape index (κ3) is 2.47. The van der Waals surface area contributed by atoms with Gasteiger partial charge in [0.15, 0.2) is 17.3 Å². The number of carbonyl (C=O) groups is 1. The van der Waals surface area contributed by atoms with Crippen LogP contribution in [0.4, 0.5) is 10.1 Å². The van der Waals surface area contributed by atoms with E-state index in [-0.39, 0.29) is 11.4 Å². The molecule has 2 heterocycles. The molecule has 3 rings (SSSR count). The average molecular weight is 291 g/mol. The molecule has 110 valence electrons. The van der Waals surface area contributed by atoms with E-state index in [1.165, 1.54) is 18.2 Å². The summed E-state index contributed by atoms with van der Waals surface area (Å²) < 4.78 is 14.8. The molecule has 3 N–H and O–H groups in total. The smallest absolute Gasteiger partial charge is 0.276 e. The molecular weight excluding hydrogens is 277 g/mol. The van der Waals surface area contributed by atoms with Crippen molar-refractivity contribution in [1.29, 1.82) is 0 Å². The minimum Gasteiger partial charge on any atom is -0.503 e. The van der Waals surface area contributed by atoms with Crippen LogP contribution in [-0.4, -0.2) is 25.9 Å². The van der Waals surface area contributed by atoms with Crippen LogP contribution < -0.4 is 5.32 Å². The normalized spacial score (nSPS) is 17.3. The highest BCUT2D eigenvalue weighted by atomic mass is 19.1. The van der Waals surface area contributed by atoms with Crippen LogP contribution in [0.15, 0.2) is 24.3 Å². The van der Waals surface area contributed by atoms with Gasteiger partial charge in [-0.3, -0.25) is 9.48 Å². The number of aliphatic hydroxyl groups is 1. The summed E-state index contributed by atoms with van der Waals surface area (Å²) in [7, 11) is 0. The topological polar surface area (TPSA) is 87.4 Å². The zero-order valence-electron chi connectivity index (χ0n) is 11.1. The lowest BCUT2D eigenvalue weighted by Crippen LogP contribution is -2.16. The van der Waals surface area contributed by atoms with E-state index in [1.54, 1.807) is 4.68 Å². The third-order valence-corrected chi connectivity index (χ3v) is 3.47. The Labute approximate surface area is 119 Å². The van der Waals surface area contributed by atoms with Gasteiger partial charge in [0, 0.05) is 6.54 Å². The largest absolute Gasteiger partial charge is 0.503 e. The van der Waals surface area contributed by atoms with E-state index < -0.39 is 23.6 Å². The molecule has 0 aliphatic carbocycles. The van der Waals surface area contributed by atoms with Gasteiger partial charge in [-0.1, -0.05) is 6.07 Å². The van der Waals surface area contributed by atoms with Gasteiger partial charge in [0.1, 0.15) is 0 Å².